The molecular weight excluding hydrogens is 416 g/mol. The van der Waals surface area contributed by atoms with E-state index < -0.39 is 16.6 Å². The molecule has 0 spiro atoms. The molecule has 1 saturated heterocycles. The van der Waals surface area contributed by atoms with Crippen molar-refractivity contribution in [3.05, 3.63) is 42.5 Å². The number of sulfonamides is 1. The number of nitrogens with zero attached hydrogens (tertiary/aromatic N) is 2. The molecule has 1 aliphatic rings. The van der Waals surface area contributed by atoms with Crippen LogP contribution >= 0.6 is 0 Å². The zero-order valence-electron chi connectivity index (χ0n) is 16.8. The van der Waals surface area contributed by atoms with Gasteiger partial charge >= 0.3 is 6.61 Å². The number of ether oxygens (including phenoxy) is 2. The molecule has 0 atom stereocenters. The minimum atomic E-state index is -3.94. The number of benzene rings is 2. The molecule has 10 heteroatoms. The molecule has 0 saturated carbocycles. The quantitative estimate of drug-likeness (QED) is 0.679. The minimum absolute atomic E-state index is 0.0962. The first-order chi connectivity index (χ1) is 14.4. The summed E-state index contributed by atoms with van der Waals surface area (Å²) in [4.78, 5) is 2.17. The van der Waals surface area contributed by atoms with E-state index in [0.29, 0.717) is 11.4 Å². The molecule has 2 aromatic carbocycles. The summed E-state index contributed by atoms with van der Waals surface area (Å²) in [6.07, 6.45) is 0. The van der Waals surface area contributed by atoms with Crippen molar-refractivity contribution in [2.45, 2.75) is 18.4 Å². The van der Waals surface area contributed by atoms with Crippen LogP contribution in [0.15, 0.2) is 47.4 Å². The van der Waals surface area contributed by atoms with Crippen molar-refractivity contribution in [3.8, 4) is 11.5 Å². The Bertz CT molecular complexity index is 966. The fourth-order valence-electron chi connectivity index (χ4n) is 3.42. The van der Waals surface area contributed by atoms with Gasteiger partial charge in [0, 0.05) is 38.8 Å². The highest BCUT2D eigenvalue weighted by atomic mass is 32.2. The number of nitrogens with one attached hydrogen (secondary N) is 1. The lowest BCUT2D eigenvalue weighted by Gasteiger charge is -2.31. The molecule has 164 valence electrons. The van der Waals surface area contributed by atoms with Gasteiger partial charge in [-0.3, -0.25) is 4.31 Å². The average molecular weight is 442 g/mol. The van der Waals surface area contributed by atoms with Crippen LogP contribution in [0.3, 0.4) is 0 Å². The molecular formula is C20H25F2N3O4S. The number of hydrogen-bond acceptors (Lipinski definition) is 6. The van der Waals surface area contributed by atoms with Gasteiger partial charge in [-0.1, -0.05) is 6.07 Å². The standard InChI is InChI=1S/C20H25F2N3O4S/c1-3-25(15-5-4-6-16(13-15)29-20(21)22)30(26,27)17-7-8-19(28-2)18(14-17)24-11-9-23-10-12-24/h4-8,13-14,20,23H,3,9-12H2,1-2H3. The second-order valence-electron chi connectivity index (χ2n) is 6.62. The number of methoxy groups -OCH3 is 1. The van der Waals surface area contributed by atoms with Gasteiger partial charge < -0.3 is 19.7 Å². The van der Waals surface area contributed by atoms with Crippen molar-refractivity contribution in [2.75, 3.05) is 49.0 Å². The molecule has 1 fully saturated rings. The summed E-state index contributed by atoms with van der Waals surface area (Å²) in [5, 5.41) is 3.26. The summed E-state index contributed by atoms with van der Waals surface area (Å²) in [5.41, 5.74) is 0.945. The van der Waals surface area contributed by atoms with Crippen LogP contribution in [-0.4, -0.2) is 54.9 Å². The third-order valence-electron chi connectivity index (χ3n) is 4.81. The Morgan fingerprint density at radius 3 is 2.53 bits per heavy atom. The first kappa shape index (κ1) is 22.1. The summed E-state index contributed by atoms with van der Waals surface area (Å²) in [6, 6.07) is 10.4. The van der Waals surface area contributed by atoms with Gasteiger partial charge in [-0.05, 0) is 37.3 Å². The van der Waals surface area contributed by atoms with E-state index in [9.17, 15) is 17.2 Å². The fraction of sp³-hybridized carbons (Fsp3) is 0.400. The van der Waals surface area contributed by atoms with E-state index in [4.69, 9.17) is 4.74 Å². The van der Waals surface area contributed by atoms with Crippen LogP contribution < -0.4 is 24.0 Å². The van der Waals surface area contributed by atoms with E-state index in [2.05, 4.69) is 15.0 Å². The summed E-state index contributed by atoms with van der Waals surface area (Å²) in [6.45, 7) is 1.84. The van der Waals surface area contributed by atoms with Crippen LogP contribution in [-0.2, 0) is 10.0 Å². The highest BCUT2D eigenvalue weighted by Gasteiger charge is 2.26. The Labute approximate surface area is 175 Å². The summed E-state index contributed by atoms with van der Waals surface area (Å²) < 4.78 is 62.9. The number of rotatable bonds is 8. The Morgan fingerprint density at radius 1 is 1.17 bits per heavy atom. The fourth-order valence-corrected chi connectivity index (χ4v) is 4.90. The van der Waals surface area contributed by atoms with E-state index in [1.54, 1.807) is 32.2 Å². The predicted octanol–water partition coefficient (Wildman–Crippen LogP) is 2.92. The Hall–Kier alpha value is -2.59. The largest absolute Gasteiger partial charge is 0.495 e. The SMILES string of the molecule is CCN(c1cccc(OC(F)F)c1)S(=O)(=O)c1ccc(OC)c(N2CCNCC2)c1. The normalized spacial score (nSPS) is 14.6. The van der Waals surface area contributed by atoms with Gasteiger partial charge in [-0.25, -0.2) is 8.42 Å². The lowest BCUT2D eigenvalue weighted by molar-refractivity contribution is -0.0498. The zero-order chi connectivity index (χ0) is 21.7. The zero-order valence-corrected chi connectivity index (χ0v) is 17.7. The van der Waals surface area contributed by atoms with Crippen molar-refractivity contribution in [3.63, 3.8) is 0 Å². The van der Waals surface area contributed by atoms with E-state index in [0.717, 1.165) is 30.5 Å². The first-order valence-corrected chi connectivity index (χ1v) is 11.0. The van der Waals surface area contributed by atoms with Crippen LogP contribution in [0, 0.1) is 0 Å². The van der Waals surface area contributed by atoms with Crippen LogP contribution in [0.1, 0.15) is 6.92 Å². The van der Waals surface area contributed by atoms with Gasteiger partial charge in [0.25, 0.3) is 10.0 Å². The van der Waals surface area contributed by atoms with Gasteiger partial charge in [-0.2, -0.15) is 8.78 Å². The maximum Gasteiger partial charge on any atom is 0.387 e. The Balaban J connectivity index is 1.98. The number of anilines is 2. The first-order valence-electron chi connectivity index (χ1n) is 9.58. The summed E-state index contributed by atoms with van der Waals surface area (Å²) >= 11 is 0. The molecule has 0 aromatic heterocycles. The second kappa shape index (κ2) is 9.48. The number of halogens is 2. The summed E-state index contributed by atoms with van der Waals surface area (Å²) in [7, 11) is -2.40. The van der Waals surface area contributed by atoms with E-state index in [1.807, 2.05) is 0 Å². The molecule has 3 rings (SSSR count). The number of hydrogen-bond donors (Lipinski definition) is 1. The highest BCUT2D eigenvalue weighted by Crippen LogP contribution is 2.34. The maximum absolute atomic E-state index is 13.4. The maximum atomic E-state index is 13.4. The van der Waals surface area contributed by atoms with Gasteiger partial charge in [-0.15, -0.1) is 0 Å². The number of piperazine rings is 1. The topological polar surface area (TPSA) is 71.1 Å². The average Bonchev–Trinajstić information content (AvgIpc) is 2.74. The molecule has 7 nitrogen and oxygen atoms in total. The minimum Gasteiger partial charge on any atom is -0.495 e. The molecule has 2 aromatic rings. The molecule has 0 amide bonds. The van der Waals surface area contributed by atoms with Gasteiger partial charge in [0.1, 0.15) is 11.5 Å². The third-order valence-corrected chi connectivity index (χ3v) is 6.71. The lowest BCUT2D eigenvalue weighted by atomic mass is 10.2. The molecule has 1 heterocycles. The molecule has 0 radical (unpaired) electrons. The van der Waals surface area contributed by atoms with Crippen molar-refractivity contribution in [1.82, 2.24) is 5.32 Å². The Morgan fingerprint density at radius 2 is 1.90 bits per heavy atom. The molecule has 0 unspecified atom stereocenters. The Kier molecular flexibility index (Phi) is 6.99. The van der Waals surface area contributed by atoms with Crippen molar-refractivity contribution >= 4 is 21.4 Å². The van der Waals surface area contributed by atoms with Crippen LogP contribution in [0.25, 0.3) is 0 Å². The smallest absolute Gasteiger partial charge is 0.387 e. The monoisotopic (exact) mass is 441 g/mol. The van der Waals surface area contributed by atoms with Crippen LogP contribution in [0.5, 0.6) is 11.5 Å². The predicted molar refractivity (Wildman–Crippen MR) is 111 cm³/mol. The van der Waals surface area contributed by atoms with Crippen molar-refractivity contribution < 1.29 is 26.7 Å². The second-order valence-corrected chi connectivity index (χ2v) is 8.48. The van der Waals surface area contributed by atoms with E-state index >= 15 is 0 Å². The molecule has 30 heavy (non-hydrogen) atoms. The van der Waals surface area contributed by atoms with Crippen LogP contribution in [0.2, 0.25) is 0 Å². The molecule has 0 bridgehead atoms. The molecule has 0 aliphatic carbocycles. The summed E-state index contributed by atoms with van der Waals surface area (Å²) in [5.74, 6) is 0.485. The molecule has 1 aliphatic heterocycles. The third kappa shape index (κ3) is 4.76. The van der Waals surface area contributed by atoms with Crippen molar-refractivity contribution in [1.29, 1.82) is 0 Å². The van der Waals surface area contributed by atoms with Gasteiger partial charge in [0.2, 0.25) is 0 Å². The highest BCUT2D eigenvalue weighted by molar-refractivity contribution is 7.92. The lowest BCUT2D eigenvalue weighted by Crippen LogP contribution is -2.43. The van der Waals surface area contributed by atoms with Gasteiger partial charge in [0.05, 0.1) is 23.4 Å². The van der Waals surface area contributed by atoms with E-state index in [-0.39, 0.29) is 22.9 Å². The number of alkyl halides is 2. The van der Waals surface area contributed by atoms with E-state index in [1.165, 1.54) is 24.3 Å². The van der Waals surface area contributed by atoms with Gasteiger partial charge in [0.15, 0.2) is 0 Å². The van der Waals surface area contributed by atoms with Crippen molar-refractivity contribution in [2.24, 2.45) is 0 Å². The molecule has 1 N–H and O–H groups in total. The van der Waals surface area contributed by atoms with Crippen LogP contribution in [0.4, 0.5) is 20.2 Å².